The van der Waals surface area contributed by atoms with E-state index in [1.807, 2.05) is 38.1 Å². The summed E-state index contributed by atoms with van der Waals surface area (Å²) in [5.41, 5.74) is 0.628. The fraction of sp³-hybridized carbons (Fsp3) is 0.455. The normalized spacial score (nSPS) is 24.7. The molecule has 1 heterocycles. The van der Waals surface area contributed by atoms with Gasteiger partial charge < -0.3 is 9.84 Å². The second kappa shape index (κ2) is 2.74. The van der Waals surface area contributed by atoms with E-state index < -0.39 is 11.7 Å². The van der Waals surface area contributed by atoms with Gasteiger partial charge in [0.05, 0.1) is 6.10 Å². The first kappa shape index (κ1) is 8.57. The molecule has 2 nitrogen and oxygen atoms in total. The van der Waals surface area contributed by atoms with Crippen molar-refractivity contribution in [2.75, 3.05) is 0 Å². The maximum Gasteiger partial charge on any atom is 0.129 e. The number of aliphatic hydroxyl groups excluding tert-OH is 1. The zero-order valence-corrected chi connectivity index (χ0v) is 7.95. The van der Waals surface area contributed by atoms with Crippen LogP contribution in [-0.2, 0) is 6.42 Å². The molecule has 0 bridgehead atoms. The highest BCUT2D eigenvalue weighted by Gasteiger charge is 2.35. The van der Waals surface area contributed by atoms with E-state index in [-0.39, 0.29) is 0 Å². The van der Waals surface area contributed by atoms with Crippen LogP contribution in [0.25, 0.3) is 0 Å². The maximum absolute atomic E-state index is 9.76. The van der Waals surface area contributed by atoms with Crippen molar-refractivity contribution in [2.45, 2.75) is 32.0 Å². The number of rotatable bonds is 0. The van der Waals surface area contributed by atoms with Crippen LogP contribution in [-0.4, -0.2) is 16.8 Å². The van der Waals surface area contributed by atoms with Crippen LogP contribution < -0.4 is 4.74 Å². The summed E-state index contributed by atoms with van der Waals surface area (Å²) in [6, 6.07) is 7.86. The standard InChI is InChI=1S/C11H14O2/c1-11(2)10(12)7-8-5-3-4-6-9(8)13-11/h3-6,10,12H,7H2,1-2H3/t10-/m1/s1. The lowest BCUT2D eigenvalue weighted by atomic mass is 9.91. The minimum Gasteiger partial charge on any atom is -0.485 e. The van der Waals surface area contributed by atoms with E-state index in [0.717, 1.165) is 11.3 Å². The zero-order valence-electron chi connectivity index (χ0n) is 7.95. The molecule has 0 amide bonds. The van der Waals surface area contributed by atoms with Gasteiger partial charge in [-0.05, 0) is 25.5 Å². The molecule has 70 valence electrons. The van der Waals surface area contributed by atoms with Crippen LogP contribution in [0.5, 0.6) is 5.75 Å². The van der Waals surface area contributed by atoms with Gasteiger partial charge in [0, 0.05) is 6.42 Å². The summed E-state index contributed by atoms with van der Waals surface area (Å²) in [5.74, 6) is 0.901. The van der Waals surface area contributed by atoms with E-state index in [1.54, 1.807) is 0 Å². The third-order valence-electron chi connectivity index (χ3n) is 2.56. The first-order valence-corrected chi connectivity index (χ1v) is 4.54. The van der Waals surface area contributed by atoms with Crippen molar-refractivity contribution in [3.8, 4) is 5.75 Å². The Balaban J connectivity index is 2.39. The van der Waals surface area contributed by atoms with Gasteiger partial charge in [-0.1, -0.05) is 18.2 Å². The number of aliphatic hydroxyl groups is 1. The highest BCUT2D eigenvalue weighted by Crippen LogP contribution is 2.32. The first-order chi connectivity index (χ1) is 6.09. The van der Waals surface area contributed by atoms with Gasteiger partial charge >= 0.3 is 0 Å². The summed E-state index contributed by atoms with van der Waals surface area (Å²) >= 11 is 0. The van der Waals surface area contributed by atoms with E-state index in [9.17, 15) is 5.11 Å². The summed E-state index contributed by atoms with van der Waals surface area (Å²) < 4.78 is 5.68. The van der Waals surface area contributed by atoms with Gasteiger partial charge in [0.25, 0.3) is 0 Å². The van der Waals surface area contributed by atoms with Crippen molar-refractivity contribution >= 4 is 0 Å². The maximum atomic E-state index is 9.76. The molecule has 1 aromatic rings. The van der Waals surface area contributed by atoms with Crippen LogP contribution in [0.4, 0.5) is 0 Å². The number of fused-ring (bicyclic) bond motifs is 1. The molecule has 0 radical (unpaired) electrons. The summed E-state index contributed by atoms with van der Waals surface area (Å²) in [6.07, 6.45) is 0.269. The Kier molecular flexibility index (Phi) is 1.81. The molecular weight excluding hydrogens is 164 g/mol. The van der Waals surface area contributed by atoms with Crippen molar-refractivity contribution in [3.05, 3.63) is 29.8 Å². The van der Waals surface area contributed by atoms with Gasteiger partial charge in [-0.2, -0.15) is 0 Å². The molecule has 0 spiro atoms. The SMILES string of the molecule is CC1(C)Oc2ccccc2C[C@H]1O. The number of hydrogen-bond acceptors (Lipinski definition) is 2. The topological polar surface area (TPSA) is 29.5 Å². The molecule has 0 unspecified atom stereocenters. The van der Waals surface area contributed by atoms with Gasteiger partial charge in [-0.15, -0.1) is 0 Å². The molecule has 0 aromatic heterocycles. The number of ether oxygens (including phenoxy) is 1. The third-order valence-corrected chi connectivity index (χ3v) is 2.56. The Labute approximate surface area is 78.2 Å². The average molecular weight is 178 g/mol. The lowest BCUT2D eigenvalue weighted by molar-refractivity contribution is -0.0411. The minimum absolute atomic E-state index is 0.414. The summed E-state index contributed by atoms with van der Waals surface area (Å²) in [7, 11) is 0. The largest absolute Gasteiger partial charge is 0.485 e. The van der Waals surface area contributed by atoms with Gasteiger partial charge in [-0.3, -0.25) is 0 Å². The van der Waals surface area contributed by atoms with Crippen LogP contribution in [0.2, 0.25) is 0 Å². The predicted molar refractivity (Wildman–Crippen MR) is 50.9 cm³/mol. The van der Waals surface area contributed by atoms with Crippen LogP contribution >= 0.6 is 0 Å². The molecule has 1 N–H and O–H groups in total. The molecule has 1 aliphatic rings. The Bertz CT molecular complexity index is 318. The Morgan fingerprint density at radius 2 is 2.08 bits per heavy atom. The van der Waals surface area contributed by atoms with E-state index in [0.29, 0.717) is 6.42 Å². The molecule has 1 atom stereocenters. The quantitative estimate of drug-likeness (QED) is 0.656. The molecule has 1 aliphatic heterocycles. The first-order valence-electron chi connectivity index (χ1n) is 4.54. The molecule has 0 aliphatic carbocycles. The molecule has 13 heavy (non-hydrogen) atoms. The van der Waals surface area contributed by atoms with Crippen molar-refractivity contribution in [2.24, 2.45) is 0 Å². The van der Waals surface area contributed by atoms with Crippen LogP contribution in [0.1, 0.15) is 19.4 Å². The number of benzene rings is 1. The second-order valence-corrected chi connectivity index (χ2v) is 4.03. The smallest absolute Gasteiger partial charge is 0.129 e. The van der Waals surface area contributed by atoms with Crippen LogP contribution in [0, 0.1) is 0 Å². The zero-order chi connectivity index (χ0) is 9.47. The highest BCUT2D eigenvalue weighted by molar-refractivity contribution is 5.36. The van der Waals surface area contributed by atoms with E-state index in [1.165, 1.54) is 0 Å². The van der Waals surface area contributed by atoms with Gasteiger partial charge in [0.1, 0.15) is 11.4 Å². The molecule has 0 saturated heterocycles. The molecular formula is C11H14O2. The monoisotopic (exact) mass is 178 g/mol. The van der Waals surface area contributed by atoms with Crippen molar-refractivity contribution < 1.29 is 9.84 Å². The van der Waals surface area contributed by atoms with Crippen molar-refractivity contribution in [1.82, 2.24) is 0 Å². The Morgan fingerprint density at radius 1 is 1.38 bits per heavy atom. The van der Waals surface area contributed by atoms with Gasteiger partial charge in [0.15, 0.2) is 0 Å². The predicted octanol–water partition coefficient (Wildman–Crippen LogP) is 1.76. The number of para-hydroxylation sites is 1. The van der Waals surface area contributed by atoms with E-state index in [4.69, 9.17) is 4.74 Å². The van der Waals surface area contributed by atoms with Crippen molar-refractivity contribution in [1.29, 1.82) is 0 Å². The minimum atomic E-state index is -0.464. The molecule has 0 fully saturated rings. The molecule has 2 rings (SSSR count). The van der Waals surface area contributed by atoms with Crippen molar-refractivity contribution in [3.63, 3.8) is 0 Å². The van der Waals surface area contributed by atoms with E-state index >= 15 is 0 Å². The fourth-order valence-corrected chi connectivity index (χ4v) is 1.58. The summed E-state index contributed by atoms with van der Waals surface area (Å²) in [5, 5.41) is 9.76. The van der Waals surface area contributed by atoms with Gasteiger partial charge in [-0.25, -0.2) is 0 Å². The summed E-state index contributed by atoms with van der Waals surface area (Å²) in [6.45, 7) is 3.82. The Morgan fingerprint density at radius 3 is 2.85 bits per heavy atom. The average Bonchev–Trinajstić information content (AvgIpc) is 2.06. The fourth-order valence-electron chi connectivity index (χ4n) is 1.58. The molecule has 1 aromatic carbocycles. The molecule has 0 saturated carbocycles. The van der Waals surface area contributed by atoms with E-state index in [2.05, 4.69) is 0 Å². The van der Waals surface area contributed by atoms with Crippen LogP contribution in [0.3, 0.4) is 0 Å². The van der Waals surface area contributed by atoms with Crippen LogP contribution in [0.15, 0.2) is 24.3 Å². The lowest BCUT2D eigenvalue weighted by Gasteiger charge is -2.36. The Hall–Kier alpha value is -1.02. The summed E-state index contributed by atoms with van der Waals surface area (Å²) in [4.78, 5) is 0. The lowest BCUT2D eigenvalue weighted by Crippen LogP contribution is -2.46. The second-order valence-electron chi connectivity index (χ2n) is 4.03. The molecule has 2 heteroatoms. The highest BCUT2D eigenvalue weighted by atomic mass is 16.5. The third kappa shape index (κ3) is 1.42. The van der Waals surface area contributed by atoms with Gasteiger partial charge in [0.2, 0.25) is 0 Å². The number of hydrogen-bond donors (Lipinski definition) is 1.